The largest absolute Gasteiger partial charge is 0.378 e. The molecule has 1 amide bonds. The van der Waals surface area contributed by atoms with Crippen molar-refractivity contribution < 1.29 is 18.3 Å². The molecule has 1 atom stereocenters. The molecule has 0 aromatic heterocycles. The van der Waals surface area contributed by atoms with Gasteiger partial charge in [0.25, 0.3) is 5.91 Å². The van der Waals surface area contributed by atoms with Gasteiger partial charge in [0, 0.05) is 19.2 Å². The van der Waals surface area contributed by atoms with E-state index in [1.165, 1.54) is 0 Å². The van der Waals surface area contributed by atoms with E-state index in [0.29, 0.717) is 19.0 Å². The lowest BCUT2D eigenvalue weighted by atomic mass is 10.1. The molecule has 1 aliphatic rings. The maximum absolute atomic E-state index is 13.4. The predicted octanol–water partition coefficient (Wildman–Crippen LogP) is 2.65. The van der Waals surface area contributed by atoms with Gasteiger partial charge in [-0.15, -0.1) is 0 Å². The third-order valence-corrected chi connectivity index (χ3v) is 3.20. The molecule has 1 aliphatic heterocycles. The summed E-state index contributed by atoms with van der Waals surface area (Å²) in [6.07, 6.45) is 4.12. The molecule has 1 heterocycles. The fourth-order valence-corrected chi connectivity index (χ4v) is 2.15. The number of halogens is 2. The van der Waals surface area contributed by atoms with Crippen molar-refractivity contribution >= 4 is 5.91 Å². The van der Waals surface area contributed by atoms with Crippen LogP contribution in [0.15, 0.2) is 18.2 Å². The van der Waals surface area contributed by atoms with Crippen molar-refractivity contribution in [2.24, 2.45) is 0 Å². The monoisotopic (exact) mass is 269 g/mol. The lowest BCUT2D eigenvalue weighted by molar-refractivity contribution is 0.0117. The minimum absolute atomic E-state index is 0.133. The number of ether oxygens (including phenoxy) is 1. The molecular weight excluding hydrogens is 252 g/mol. The Labute approximate surface area is 111 Å². The van der Waals surface area contributed by atoms with E-state index in [2.05, 4.69) is 5.32 Å². The first-order valence-corrected chi connectivity index (χ1v) is 6.51. The zero-order chi connectivity index (χ0) is 13.7. The Bertz CT molecular complexity index is 445. The molecule has 3 nitrogen and oxygen atoms in total. The van der Waals surface area contributed by atoms with E-state index in [1.807, 2.05) is 0 Å². The molecule has 0 aliphatic carbocycles. The molecule has 1 fully saturated rings. The van der Waals surface area contributed by atoms with Crippen molar-refractivity contribution in [2.45, 2.75) is 31.8 Å². The molecule has 0 spiro atoms. The fourth-order valence-electron chi connectivity index (χ4n) is 2.15. The Kier molecular flexibility index (Phi) is 4.85. The minimum Gasteiger partial charge on any atom is -0.378 e. The van der Waals surface area contributed by atoms with Crippen molar-refractivity contribution in [1.29, 1.82) is 0 Å². The second-order valence-corrected chi connectivity index (χ2v) is 4.66. The number of rotatable bonds is 4. The number of carbonyl (C=O) groups excluding carboxylic acids is 1. The van der Waals surface area contributed by atoms with Crippen LogP contribution in [0.4, 0.5) is 8.78 Å². The summed E-state index contributed by atoms with van der Waals surface area (Å²) in [6.45, 7) is 1.20. The molecule has 0 radical (unpaired) electrons. The first kappa shape index (κ1) is 13.9. The lowest BCUT2D eigenvalue weighted by Crippen LogP contribution is -2.30. The van der Waals surface area contributed by atoms with Crippen LogP contribution < -0.4 is 5.32 Å². The topological polar surface area (TPSA) is 38.3 Å². The molecular formula is C14H17F2NO2. The molecule has 5 heteroatoms. The molecule has 19 heavy (non-hydrogen) atoms. The number of benzene rings is 1. The van der Waals surface area contributed by atoms with Crippen molar-refractivity contribution in [2.75, 3.05) is 13.2 Å². The fraction of sp³-hybridized carbons (Fsp3) is 0.500. The Hall–Kier alpha value is -1.49. The van der Waals surface area contributed by atoms with Crippen molar-refractivity contribution in [3.63, 3.8) is 0 Å². The van der Waals surface area contributed by atoms with Crippen LogP contribution in [0.2, 0.25) is 0 Å². The smallest absolute Gasteiger partial charge is 0.254 e. The van der Waals surface area contributed by atoms with E-state index in [1.54, 1.807) is 0 Å². The molecule has 1 aromatic carbocycles. The van der Waals surface area contributed by atoms with E-state index in [-0.39, 0.29) is 11.7 Å². The van der Waals surface area contributed by atoms with Gasteiger partial charge in [0.2, 0.25) is 0 Å². The summed E-state index contributed by atoms with van der Waals surface area (Å²) < 4.78 is 31.6. The lowest BCUT2D eigenvalue weighted by Gasteiger charge is -2.22. The van der Waals surface area contributed by atoms with Gasteiger partial charge in [-0.3, -0.25) is 4.79 Å². The van der Waals surface area contributed by atoms with Crippen LogP contribution in [0.3, 0.4) is 0 Å². The number of amides is 1. The van der Waals surface area contributed by atoms with Gasteiger partial charge in [0.1, 0.15) is 11.6 Å². The highest BCUT2D eigenvalue weighted by atomic mass is 19.1. The highest BCUT2D eigenvalue weighted by Crippen LogP contribution is 2.15. The summed E-state index contributed by atoms with van der Waals surface area (Å²) >= 11 is 0. The molecule has 0 saturated carbocycles. The molecule has 1 N–H and O–H groups in total. The number of nitrogens with one attached hydrogen (secondary N) is 1. The molecule has 1 saturated heterocycles. The molecule has 0 unspecified atom stereocenters. The zero-order valence-electron chi connectivity index (χ0n) is 10.6. The summed E-state index contributed by atoms with van der Waals surface area (Å²) in [5.74, 6) is -2.05. The van der Waals surface area contributed by atoms with Crippen LogP contribution in [0.1, 0.15) is 36.0 Å². The van der Waals surface area contributed by atoms with E-state index >= 15 is 0 Å². The summed E-state index contributed by atoms with van der Waals surface area (Å²) in [4.78, 5) is 11.7. The first-order valence-electron chi connectivity index (χ1n) is 6.51. The summed E-state index contributed by atoms with van der Waals surface area (Å²) in [6, 6.07) is 2.93. The average Bonchev–Trinajstić information content (AvgIpc) is 2.39. The summed E-state index contributed by atoms with van der Waals surface area (Å²) in [5.41, 5.74) is -0.133. The van der Waals surface area contributed by atoms with E-state index < -0.39 is 17.5 Å². The number of hydrogen-bond donors (Lipinski definition) is 1. The van der Waals surface area contributed by atoms with Gasteiger partial charge in [0.15, 0.2) is 0 Å². The van der Waals surface area contributed by atoms with Crippen LogP contribution in [-0.4, -0.2) is 25.2 Å². The first-order chi connectivity index (χ1) is 9.16. The van der Waals surface area contributed by atoms with Crippen LogP contribution in [0, 0.1) is 11.6 Å². The Morgan fingerprint density at radius 3 is 2.89 bits per heavy atom. The predicted molar refractivity (Wildman–Crippen MR) is 66.9 cm³/mol. The third kappa shape index (κ3) is 3.99. The van der Waals surface area contributed by atoms with Crippen molar-refractivity contribution in [1.82, 2.24) is 5.32 Å². The molecule has 0 bridgehead atoms. The van der Waals surface area contributed by atoms with Gasteiger partial charge in [-0.25, -0.2) is 8.78 Å². The SMILES string of the molecule is O=C(NCC[C@@H]1CCCCO1)c1ccc(F)cc1F. The van der Waals surface area contributed by atoms with Crippen molar-refractivity contribution in [3.8, 4) is 0 Å². The van der Waals surface area contributed by atoms with Gasteiger partial charge in [-0.2, -0.15) is 0 Å². The number of carbonyl (C=O) groups is 1. The highest BCUT2D eigenvalue weighted by Gasteiger charge is 2.15. The number of hydrogen-bond acceptors (Lipinski definition) is 2. The van der Waals surface area contributed by atoms with Gasteiger partial charge < -0.3 is 10.1 Å². The normalized spacial score (nSPS) is 19.2. The summed E-state index contributed by atoms with van der Waals surface area (Å²) in [7, 11) is 0. The van der Waals surface area contributed by atoms with Crippen LogP contribution in [-0.2, 0) is 4.74 Å². The van der Waals surface area contributed by atoms with E-state index in [0.717, 1.165) is 38.0 Å². The Morgan fingerprint density at radius 2 is 2.21 bits per heavy atom. The second-order valence-electron chi connectivity index (χ2n) is 4.66. The molecule has 2 rings (SSSR count). The third-order valence-electron chi connectivity index (χ3n) is 3.20. The summed E-state index contributed by atoms with van der Waals surface area (Å²) in [5, 5.41) is 2.63. The Balaban J connectivity index is 1.80. The van der Waals surface area contributed by atoms with E-state index in [4.69, 9.17) is 4.74 Å². The molecule has 1 aromatic rings. The standard InChI is InChI=1S/C14H17F2NO2/c15-10-4-5-12(13(16)9-10)14(18)17-7-6-11-3-1-2-8-19-11/h4-5,9,11H,1-3,6-8H2,(H,17,18)/t11-/m0/s1. The van der Waals surface area contributed by atoms with Gasteiger partial charge in [-0.1, -0.05) is 0 Å². The Morgan fingerprint density at radius 1 is 1.37 bits per heavy atom. The maximum atomic E-state index is 13.4. The van der Waals surface area contributed by atoms with Gasteiger partial charge in [0.05, 0.1) is 11.7 Å². The minimum atomic E-state index is -0.841. The van der Waals surface area contributed by atoms with Crippen LogP contribution in [0.25, 0.3) is 0 Å². The van der Waals surface area contributed by atoms with E-state index in [9.17, 15) is 13.6 Å². The molecule has 104 valence electrons. The zero-order valence-corrected chi connectivity index (χ0v) is 10.6. The van der Waals surface area contributed by atoms with Crippen molar-refractivity contribution in [3.05, 3.63) is 35.4 Å². The second kappa shape index (κ2) is 6.61. The average molecular weight is 269 g/mol. The quantitative estimate of drug-likeness (QED) is 0.912. The maximum Gasteiger partial charge on any atom is 0.254 e. The van der Waals surface area contributed by atoms with Gasteiger partial charge >= 0.3 is 0 Å². The highest BCUT2D eigenvalue weighted by molar-refractivity contribution is 5.94. The van der Waals surface area contributed by atoms with Crippen LogP contribution in [0.5, 0.6) is 0 Å². The van der Waals surface area contributed by atoms with Gasteiger partial charge in [-0.05, 0) is 37.8 Å². The van der Waals surface area contributed by atoms with Crippen LogP contribution >= 0.6 is 0 Å².